The average Bonchev–Trinajstić information content (AvgIpc) is 3.18. The first kappa shape index (κ1) is 19.6. The Morgan fingerprint density at radius 3 is 2.97 bits per heavy atom. The summed E-state index contributed by atoms with van der Waals surface area (Å²) in [6.07, 6.45) is 1.61. The van der Waals surface area contributed by atoms with Crippen molar-refractivity contribution in [2.24, 2.45) is 0 Å². The maximum atomic E-state index is 5.74. The predicted octanol–water partition coefficient (Wildman–Crippen LogP) is 1.90. The number of H-pyrrole nitrogens is 1. The van der Waals surface area contributed by atoms with Gasteiger partial charge in [0, 0.05) is 38.8 Å². The lowest BCUT2D eigenvalue weighted by atomic mass is 10.1. The number of methoxy groups -OCH3 is 2. The summed E-state index contributed by atoms with van der Waals surface area (Å²) in [6.45, 7) is 3.73. The minimum atomic E-state index is 0.0326. The Kier molecular flexibility index (Phi) is 6.18. The van der Waals surface area contributed by atoms with Crippen molar-refractivity contribution in [3.63, 3.8) is 0 Å². The first-order chi connectivity index (χ1) is 14.3. The molecule has 0 bridgehead atoms. The van der Waals surface area contributed by atoms with Gasteiger partial charge in [-0.1, -0.05) is 0 Å². The molecule has 1 aromatic carbocycles. The number of aromatic amines is 1. The third kappa shape index (κ3) is 4.47. The zero-order chi connectivity index (χ0) is 20.1. The zero-order valence-electron chi connectivity index (χ0n) is 16.6. The number of morpholine rings is 1. The first-order valence-electron chi connectivity index (χ1n) is 9.56. The van der Waals surface area contributed by atoms with Gasteiger partial charge in [0.1, 0.15) is 30.2 Å². The third-order valence-electron chi connectivity index (χ3n) is 4.80. The molecule has 2 aromatic heterocycles. The van der Waals surface area contributed by atoms with Crippen molar-refractivity contribution in [2.75, 3.05) is 58.6 Å². The standard InChI is InChI=1S/C20H25N5O4/c1-26-7-8-29-14-3-4-17-16(9-14)20(24-23-17)18-10-19(22-13-21-18)25-5-6-28-15(11-25)12-27-2/h3-4,9-10,13,15H,5-8,11-12H2,1-2H3,(H,23,24). The van der Waals surface area contributed by atoms with Crippen molar-refractivity contribution < 1.29 is 18.9 Å². The van der Waals surface area contributed by atoms with Crippen LogP contribution < -0.4 is 9.64 Å². The van der Waals surface area contributed by atoms with Crippen molar-refractivity contribution in [3.8, 4) is 17.1 Å². The summed E-state index contributed by atoms with van der Waals surface area (Å²) < 4.78 is 21.7. The second kappa shape index (κ2) is 9.17. The molecule has 154 valence electrons. The highest BCUT2D eigenvalue weighted by molar-refractivity contribution is 5.93. The highest BCUT2D eigenvalue weighted by Crippen LogP contribution is 2.29. The van der Waals surface area contributed by atoms with Gasteiger partial charge in [-0.2, -0.15) is 5.10 Å². The number of nitrogens with zero attached hydrogens (tertiary/aromatic N) is 4. The third-order valence-corrected chi connectivity index (χ3v) is 4.80. The van der Waals surface area contributed by atoms with Crippen LogP contribution in [0.2, 0.25) is 0 Å². The van der Waals surface area contributed by atoms with E-state index in [1.807, 2.05) is 24.3 Å². The zero-order valence-corrected chi connectivity index (χ0v) is 16.6. The molecule has 0 spiro atoms. The van der Waals surface area contributed by atoms with Crippen molar-refractivity contribution in [2.45, 2.75) is 6.10 Å². The molecule has 3 heterocycles. The quantitative estimate of drug-likeness (QED) is 0.574. The fourth-order valence-corrected chi connectivity index (χ4v) is 3.38. The fraction of sp³-hybridized carbons (Fsp3) is 0.450. The number of nitrogens with one attached hydrogen (secondary N) is 1. The highest BCUT2D eigenvalue weighted by Gasteiger charge is 2.22. The van der Waals surface area contributed by atoms with Crippen LogP contribution in [0.5, 0.6) is 5.75 Å². The molecule has 0 amide bonds. The summed E-state index contributed by atoms with van der Waals surface area (Å²) >= 11 is 0. The Morgan fingerprint density at radius 2 is 2.10 bits per heavy atom. The molecule has 1 aliphatic heterocycles. The molecule has 0 aliphatic carbocycles. The van der Waals surface area contributed by atoms with E-state index in [2.05, 4.69) is 25.1 Å². The summed E-state index contributed by atoms with van der Waals surface area (Å²) in [4.78, 5) is 11.1. The van der Waals surface area contributed by atoms with Crippen LogP contribution in [0.3, 0.4) is 0 Å². The van der Waals surface area contributed by atoms with Crippen LogP contribution in [0.1, 0.15) is 0 Å². The number of anilines is 1. The van der Waals surface area contributed by atoms with E-state index in [4.69, 9.17) is 18.9 Å². The maximum Gasteiger partial charge on any atom is 0.132 e. The summed E-state index contributed by atoms with van der Waals surface area (Å²) in [7, 11) is 3.33. The van der Waals surface area contributed by atoms with E-state index in [-0.39, 0.29) is 6.10 Å². The van der Waals surface area contributed by atoms with Gasteiger partial charge >= 0.3 is 0 Å². The smallest absolute Gasteiger partial charge is 0.132 e. The summed E-state index contributed by atoms with van der Waals surface area (Å²) in [6, 6.07) is 7.79. The van der Waals surface area contributed by atoms with E-state index in [9.17, 15) is 0 Å². The molecule has 0 saturated carbocycles. The number of aromatic nitrogens is 4. The van der Waals surface area contributed by atoms with Crippen LogP contribution in [0.4, 0.5) is 5.82 Å². The van der Waals surface area contributed by atoms with Gasteiger partial charge in [0.05, 0.1) is 37.1 Å². The Balaban J connectivity index is 1.59. The molecule has 4 rings (SSSR count). The van der Waals surface area contributed by atoms with Gasteiger partial charge in [0.25, 0.3) is 0 Å². The van der Waals surface area contributed by atoms with E-state index < -0.39 is 0 Å². The Hall–Kier alpha value is -2.75. The molecular weight excluding hydrogens is 374 g/mol. The monoisotopic (exact) mass is 399 g/mol. The summed E-state index contributed by atoms with van der Waals surface area (Å²) in [5.41, 5.74) is 2.44. The van der Waals surface area contributed by atoms with Crippen molar-refractivity contribution in [1.29, 1.82) is 0 Å². The lowest BCUT2D eigenvalue weighted by molar-refractivity contribution is -0.0102. The van der Waals surface area contributed by atoms with Crippen molar-refractivity contribution in [3.05, 3.63) is 30.6 Å². The Morgan fingerprint density at radius 1 is 1.17 bits per heavy atom. The highest BCUT2D eigenvalue weighted by atomic mass is 16.5. The molecule has 1 saturated heterocycles. The van der Waals surface area contributed by atoms with Gasteiger partial charge in [0.2, 0.25) is 0 Å². The molecule has 1 fully saturated rings. The van der Waals surface area contributed by atoms with Gasteiger partial charge in [-0.25, -0.2) is 9.97 Å². The molecule has 1 N–H and O–H groups in total. The number of ether oxygens (including phenoxy) is 4. The van der Waals surface area contributed by atoms with Gasteiger partial charge in [-0.3, -0.25) is 5.10 Å². The molecule has 9 heteroatoms. The second-order valence-corrected chi connectivity index (χ2v) is 6.78. The van der Waals surface area contributed by atoms with Gasteiger partial charge < -0.3 is 23.8 Å². The normalized spacial score (nSPS) is 17.0. The fourth-order valence-electron chi connectivity index (χ4n) is 3.38. The predicted molar refractivity (Wildman–Crippen MR) is 108 cm³/mol. The first-order valence-corrected chi connectivity index (χ1v) is 9.56. The van der Waals surface area contributed by atoms with Gasteiger partial charge in [0.15, 0.2) is 0 Å². The molecule has 1 aliphatic rings. The van der Waals surface area contributed by atoms with E-state index in [0.29, 0.717) is 26.4 Å². The number of benzene rings is 1. The lowest BCUT2D eigenvalue weighted by Crippen LogP contribution is -2.44. The lowest BCUT2D eigenvalue weighted by Gasteiger charge is -2.33. The minimum Gasteiger partial charge on any atom is -0.491 e. The minimum absolute atomic E-state index is 0.0326. The van der Waals surface area contributed by atoms with Crippen LogP contribution in [0, 0.1) is 0 Å². The Labute approximate surface area is 168 Å². The van der Waals surface area contributed by atoms with Crippen molar-refractivity contribution >= 4 is 16.7 Å². The Bertz CT molecular complexity index is 946. The van der Waals surface area contributed by atoms with Crippen LogP contribution >= 0.6 is 0 Å². The largest absolute Gasteiger partial charge is 0.491 e. The van der Waals surface area contributed by atoms with Crippen LogP contribution in [-0.4, -0.2) is 80.0 Å². The SMILES string of the molecule is COCCOc1ccc2[nH]nc(-c3cc(N4CCOC(COC)C4)ncn3)c2c1. The number of hydrogen-bond donors (Lipinski definition) is 1. The molecular formula is C20H25N5O4. The van der Waals surface area contributed by atoms with Crippen LogP contribution in [0.15, 0.2) is 30.6 Å². The molecule has 0 radical (unpaired) electrons. The molecule has 1 unspecified atom stereocenters. The molecule has 1 atom stereocenters. The van der Waals surface area contributed by atoms with Gasteiger partial charge in [-0.15, -0.1) is 0 Å². The molecule has 9 nitrogen and oxygen atoms in total. The van der Waals surface area contributed by atoms with E-state index >= 15 is 0 Å². The number of rotatable bonds is 8. The van der Waals surface area contributed by atoms with Crippen LogP contribution in [-0.2, 0) is 14.2 Å². The van der Waals surface area contributed by atoms with E-state index in [1.165, 1.54) is 0 Å². The molecule has 3 aromatic rings. The van der Waals surface area contributed by atoms with E-state index in [0.717, 1.165) is 46.9 Å². The number of hydrogen-bond acceptors (Lipinski definition) is 8. The summed E-state index contributed by atoms with van der Waals surface area (Å²) in [5, 5.41) is 8.49. The summed E-state index contributed by atoms with van der Waals surface area (Å²) in [5.74, 6) is 1.62. The van der Waals surface area contributed by atoms with Crippen molar-refractivity contribution in [1.82, 2.24) is 20.2 Å². The second-order valence-electron chi connectivity index (χ2n) is 6.78. The molecule has 29 heavy (non-hydrogen) atoms. The number of fused-ring (bicyclic) bond motifs is 1. The van der Waals surface area contributed by atoms with Gasteiger partial charge in [-0.05, 0) is 18.2 Å². The maximum absolute atomic E-state index is 5.74. The van der Waals surface area contributed by atoms with Crippen LogP contribution in [0.25, 0.3) is 22.3 Å². The van der Waals surface area contributed by atoms with E-state index in [1.54, 1.807) is 20.5 Å². The average molecular weight is 399 g/mol. The topological polar surface area (TPSA) is 94.6 Å².